The Bertz CT molecular complexity index is 993. The lowest BCUT2D eigenvalue weighted by Crippen LogP contribution is -2.41. The van der Waals surface area contributed by atoms with Crippen molar-refractivity contribution in [2.24, 2.45) is 5.92 Å². The Hall–Kier alpha value is -1.88. The summed E-state index contributed by atoms with van der Waals surface area (Å²) in [6.07, 6.45) is 3.31. The van der Waals surface area contributed by atoms with Crippen molar-refractivity contribution in [3.63, 3.8) is 0 Å². The molecule has 34 heavy (non-hydrogen) atoms. The first-order chi connectivity index (χ1) is 16.0. The first-order valence-electron chi connectivity index (χ1n) is 12.8. The molecule has 2 aromatic carbocycles. The summed E-state index contributed by atoms with van der Waals surface area (Å²) in [6.45, 7) is 18.0. The molecule has 0 bridgehead atoms. The molecule has 4 nitrogen and oxygen atoms in total. The normalized spacial score (nSPS) is 22.6. The van der Waals surface area contributed by atoms with Gasteiger partial charge in [0.15, 0.2) is 5.79 Å². The van der Waals surface area contributed by atoms with Gasteiger partial charge in [-0.1, -0.05) is 51.1 Å². The molecule has 1 atom stereocenters. The molecule has 0 N–H and O–H groups in total. The van der Waals surface area contributed by atoms with Crippen LogP contribution in [0.5, 0.6) is 5.75 Å². The van der Waals surface area contributed by atoms with E-state index >= 15 is 0 Å². The standard InChI is InChI=1S/C30H42O4/c1-8-30(20-34-30)14-13-24-9-10-25(15-21(24)2)28(4,5)26-11-12-27(22(3)16-26)31-17-23-18-32-29(6,7)33-19-23/h9-12,15-16,23H,8,13-14,17-20H2,1-7H3. The van der Waals surface area contributed by atoms with Crippen molar-refractivity contribution in [1.29, 1.82) is 0 Å². The first-order valence-corrected chi connectivity index (χ1v) is 12.8. The quantitative estimate of drug-likeness (QED) is 0.395. The Morgan fingerprint density at radius 1 is 0.941 bits per heavy atom. The Balaban J connectivity index is 1.40. The minimum absolute atomic E-state index is 0.0898. The molecular weight excluding hydrogens is 424 g/mol. The second kappa shape index (κ2) is 9.64. The molecular formula is C30H42O4. The van der Waals surface area contributed by atoms with Crippen LogP contribution in [0, 0.1) is 19.8 Å². The largest absolute Gasteiger partial charge is 0.493 e. The molecule has 2 aliphatic rings. The van der Waals surface area contributed by atoms with Crippen LogP contribution in [0.1, 0.15) is 75.3 Å². The van der Waals surface area contributed by atoms with Gasteiger partial charge in [0.1, 0.15) is 5.75 Å². The van der Waals surface area contributed by atoms with Crippen LogP contribution >= 0.6 is 0 Å². The third kappa shape index (κ3) is 5.67. The first kappa shape index (κ1) is 25.2. The average molecular weight is 467 g/mol. The average Bonchev–Trinajstić information content (AvgIpc) is 3.58. The van der Waals surface area contributed by atoms with E-state index in [1.54, 1.807) is 0 Å². The van der Waals surface area contributed by atoms with Gasteiger partial charge in [-0.3, -0.25) is 0 Å². The maximum atomic E-state index is 6.15. The van der Waals surface area contributed by atoms with Gasteiger partial charge in [0, 0.05) is 11.3 Å². The van der Waals surface area contributed by atoms with E-state index in [2.05, 4.69) is 71.0 Å². The van der Waals surface area contributed by atoms with Gasteiger partial charge < -0.3 is 18.9 Å². The molecule has 0 aromatic heterocycles. The van der Waals surface area contributed by atoms with E-state index < -0.39 is 5.79 Å². The zero-order valence-electron chi connectivity index (χ0n) is 22.1. The van der Waals surface area contributed by atoms with Crippen LogP contribution in [0.4, 0.5) is 0 Å². The molecule has 1 unspecified atom stereocenters. The summed E-state index contributed by atoms with van der Waals surface area (Å²) in [5, 5.41) is 0. The molecule has 2 aliphatic heterocycles. The smallest absolute Gasteiger partial charge is 0.162 e. The molecule has 0 amide bonds. The molecule has 0 radical (unpaired) electrons. The minimum Gasteiger partial charge on any atom is -0.493 e. The van der Waals surface area contributed by atoms with Crippen molar-refractivity contribution in [2.75, 3.05) is 26.4 Å². The van der Waals surface area contributed by atoms with Crippen molar-refractivity contribution >= 4 is 0 Å². The van der Waals surface area contributed by atoms with E-state index in [0.717, 1.165) is 37.2 Å². The number of aryl methyl sites for hydroxylation is 3. The van der Waals surface area contributed by atoms with Crippen molar-refractivity contribution in [2.45, 2.75) is 84.5 Å². The molecule has 2 heterocycles. The fourth-order valence-electron chi connectivity index (χ4n) is 4.75. The highest BCUT2D eigenvalue weighted by molar-refractivity contribution is 5.46. The number of epoxide rings is 1. The Morgan fingerprint density at radius 3 is 2.12 bits per heavy atom. The van der Waals surface area contributed by atoms with Gasteiger partial charge >= 0.3 is 0 Å². The van der Waals surface area contributed by atoms with Crippen LogP contribution in [0.3, 0.4) is 0 Å². The third-order valence-electron chi connectivity index (χ3n) is 7.82. The lowest BCUT2D eigenvalue weighted by Gasteiger charge is -2.34. The molecule has 0 spiro atoms. The zero-order valence-corrected chi connectivity index (χ0v) is 22.1. The van der Waals surface area contributed by atoms with Gasteiger partial charge in [0.2, 0.25) is 0 Å². The lowest BCUT2D eigenvalue weighted by molar-refractivity contribution is -0.264. The molecule has 4 rings (SSSR count). The van der Waals surface area contributed by atoms with Gasteiger partial charge in [-0.25, -0.2) is 0 Å². The van der Waals surface area contributed by atoms with E-state index in [1.807, 2.05) is 13.8 Å². The van der Waals surface area contributed by atoms with Gasteiger partial charge in [-0.2, -0.15) is 0 Å². The monoisotopic (exact) mass is 466 g/mol. The summed E-state index contributed by atoms with van der Waals surface area (Å²) in [5.74, 6) is 0.700. The van der Waals surface area contributed by atoms with Crippen molar-refractivity contribution in [3.05, 3.63) is 64.2 Å². The summed E-state index contributed by atoms with van der Waals surface area (Å²) in [5.41, 5.74) is 6.66. The Labute approximate surface area is 205 Å². The van der Waals surface area contributed by atoms with E-state index in [4.69, 9.17) is 18.9 Å². The SMILES string of the molecule is CCC1(CCc2ccc(C(C)(C)c3ccc(OCC4COC(C)(C)OC4)c(C)c3)cc2C)CO1. The van der Waals surface area contributed by atoms with Crippen LogP contribution in [-0.2, 0) is 26.0 Å². The number of hydrogen-bond donors (Lipinski definition) is 0. The van der Waals surface area contributed by atoms with E-state index in [-0.39, 0.29) is 16.9 Å². The molecule has 4 heteroatoms. The fourth-order valence-corrected chi connectivity index (χ4v) is 4.75. The number of ether oxygens (including phenoxy) is 4. The van der Waals surface area contributed by atoms with E-state index in [0.29, 0.717) is 19.8 Å². The van der Waals surface area contributed by atoms with Crippen molar-refractivity contribution < 1.29 is 18.9 Å². The van der Waals surface area contributed by atoms with Crippen LogP contribution in [0.2, 0.25) is 0 Å². The fraction of sp³-hybridized carbons (Fsp3) is 0.600. The number of hydrogen-bond acceptors (Lipinski definition) is 4. The van der Waals surface area contributed by atoms with E-state index in [1.165, 1.54) is 22.3 Å². The highest BCUT2D eigenvalue weighted by Gasteiger charge is 2.42. The zero-order chi connectivity index (χ0) is 24.6. The van der Waals surface area contributed by atoms with Gasteiger partial charge in [0.25, 0.3) is 0 Å². The lowest BCUT2D eigenvalue weighted by atomic mass is 9.76. The topological polar surface area (TPSA) is 40.2 Å². The molecule has 0 saturated carbocycles. The van der Waals surface area contributed by atoms with Gasteiger partial charge in [0.05, 0.1) is 32.0 Å². The molecule has 2 saturated heterocycles. The summed E-state index contributed by atoms with van der Waals surface area (Å²) in [7, 11) is 0. The van der Waals surface area contributed by atoms with Gasteiger partial charge in [-0.15, -0.1) is 0 Å². The minimum atomic E-state index is -0.487. The second-order valence-corrected chi connectivity index (χ2v) is 11.3. The predicted octanol–water partition coefficient (Wildman–Crippen LogP) is 6.52. The number of rotatable bonds is 9. The van der Waals surface area contributed by atoms with E-state index in [9.17, 15) is 0 Å². The number of benzene rings is 2. The maximum Gasteiger partial charge on any atom is 0.162 e. The van der Waals surface area contributed by atoms with Crippen LogP contribution in [-0.4, -0.2) is 37.8 Å². The molecule has 2 fully saturated rings. The summed E-state index contributed by atoms with van der Waals surface area (Å²) < 4.78 is 23.4. The Kier molecular flexibility index (Phi) is 7.15. The Morgan fingerprint density at radius 2 is 1.56 bits per heavy atom. The maximum absolute atomic E-state index is 6.15. The summed E-state index contributed by atoms with van der Waals surface area (Å²) >= 11 is 0. The van der Waals surface area contributed by atoms with Crippen LogP contribution in [0.25, 0.3) is 0 Å². The summed E-state index contributed by atoms with van der Waals surface area (Å²) in [6, 6.07) is 13.6. The molecule has 2 aromatic rings. The second-order valence-electron chi connectivity index (χ2n) is 11.3. The van der Waals surface area contributed by atoms with Crippen molar-refractivity contribution in [3.8, 4) is 5.75 Å². The highest BCUT2D eigenvalue weighted by atomic mass is 16.7. The third-order valence-corrected chi connectivity index (χ3v) is 7.82. The molecule has 0 aliphatic carbocycles. The summed E-state index contributed by atoms with van der Waals surface area (Å²) in [4.78, 5) is 0. The van der Waals surface area contributed by atoms with Crippen molar-refractivity contribution in [1.82, 2.24) is 0 Å². The van der Waals surface area contributed by atoms with Crippen LogP contribution < -0.4 is 4.74 Å². The molecule has 186 valence electrons. The van der Waals surface area contributed by atoms with Crippen LogP contribution in [0.15, 0.2) is 36.4 Å². The highest BCUT2D eigenvalue weighted by Crippen LogP contribution is 2.37. The van der Waals surface area contributed by atoms with Gasteiger partial charge in [-0.05, 0) is 80.8 Å². The predicted molar refractivity (Wildman–Crippen MR) is 137 cm³/mol.